The molecule has 1 N–H and O–H groups in total. The lowest BCUT2D eigenvalue weighted by molar-refractivity contribution is 0.0822. The van der Waals surface area contributed by atoms with E-state index in [1.807, 2.05) is 0 Å². The van der Waals surface area contributed by atoms with Crippen molar-refractivity contribution in [2.75, 3.05) is 19.4 Å². The maximum absolute atomic E-state index is 12.4. The van der Waals surface area contributed by atoms with Gasteiger partial charge in [-0.1, -0.05) is 0 Å². The highest BCUT2D eigenvalue weighted by molar-refractivity contribution is 9.10. The number of amides is 2. The Kier molecular flexibility index (Phi) is 4.36. The first kappa shape index (κ1) is 16.2. The first-order chi connectivity index (χ1) is 10.2. The van der Waals surface area contributed by atoms with E-state index >= 15 is 0 Å². The van der Waals surface area contributed by atoms with Gasteiger partial charge in [-0.05, 0) is 22.9 Å². The SMILES string of the molecule is Cc1c(NC(=O)c2nn(C)cc2Br)c(C(=O)N(C)C)nn1C. The summed E-state index contributed by atoms with van der Waals surface area (Å²) >= 11 is 3.29. The number of carbonyl (C=O) groups excluding carboxylic acids is 2. The zero-order valence-corrected chi connectivity index (χ0v) is 14.6. The highest BCUT2D eigenvalue weighted by atomic mass is 79.9. The van der Waals surface area contributed by atoms with Crippen LogP contribution in [-0.2, 0) is 14.1 Å². The fourth-order valence-electron chi connectivity index (χ4n) is 1.91. The number of hydrogen-bond donors (Lipinski definition) is 1. The molecule has 22 heavy (non-hydrogen) atoms. The zero-order chi connectivity index (χ0) is 16.6. The number of rotatable bonds is 3. The summed E-state index contributed by atoms with van der Waals surface area (Å²) in [6.07, 6.45) is 1.68. The van der Waals surface area contributed by atoms with Crippen LogP contribution in [0.3, 0.4) is 0 Å². The molecular formula is C13H17BrN6O2. The third-order valence-corrected chi connectivity index (χ3v) is 3.76. The summed E-state index contributed by atoms with van der Waals surface area (Å²) in [5.41, 5.74) is 1.52. The van der Waals surface area contributed by atoms with E-state index < -0.39 is 5.91 Å². The van der Waals surface area contributed by atoms with Gasteiger partial charge in [0, 0.05) is 34.4 Å². The largest absolute Gasteiger partial charge is 0.343 e. The third kappa shape index (κ3) is 2.89. The van der Waals surface area contributed by atoms with Crippen molar-refractivity contribution < 1.29 is 9.59 Å². The number of carbonyl (C=O) groups is 2. The highest BCUT2D eigenvalue weighted by Gasteiger charge is 2.24. The topological polar surface area (TPSA) is 85.1 Å². The van der Waals surface area contributed by atoms with Crippen LogP contribution in [0.5, 0.6) is 0 Å². The molecule has 0 aliphatic carbocycles. The van der Waals surface area contributed by atoms with Crippen LogP contribution in [0, 0.1) is 6.92 Å². The molecule has 0 aromatic carbocycles. The maximum atomic E-state index is 12.4. The Morgan fingerprint density at radius 1 is 1.23 bits per heavy atom. The lowest BCUT2D eigenvalue weighted by Crippen LogP contribution is -2.24. The summed E-state index contributed by atoms with van der Waals surface area (Å²) in [7, 11) is 6.70. The quantitative estimate of drug-likeness (QED) is 0.881. The smallest absolute Gasteiger partial charge is 0.277 e. The lowest BCUT2D eigenvalue weighted by atomic mass is 10.2. The van der Waals surface area contributed by atoms with Gasteiger partial charge in [0.25, 0.3) is 11.8 Å². The highest BCUT2D eigenvalue weighted by Crippen LogP contribution is 2.23. The number of aromatic nitrogens is 4. The van der Waals surface area contributed by atoms with Crippen LogP contribution in [0.2, 0.25) is 0 Å². The van der Waals surface area contributed by atoms with Crippen molar-refractivity contribution in [1.82, 2.24) is 24.5 Å². The van der Waals surface area contributed by atoms with Crippen LogP contribution in [0.15, 0.2) is 10.7 Å². The summed E-state index contributed by atoms with van der Waals surface area (Å²) in [6, 6.07) is 0. The van der Waals surface area contributed by atoms with Gasteiger partial charge in [0.2, 0.25) is 0 Å². The van der Waals surface area contributed by atoms with Crippen molar-refractivity contribution in [2.45, 2.75) is 6.92 Å². The van der Waals surface area contributed by atoms with E-state index in [-0.39, 0.29) is 17.3 Å². The lowest BCUT2D eigenvalue weighted by Gasteiger charge is -2.10. The second-order valence-corrected chi connectivity index (χ2v) is 5.94. The summed E-state index contributed by atoms with van der Waals surface area (Å²) < 4.78 is 3.66. The maximum Gasteiger partial charge on any atom is 0.277 e. The van der Waals surface area contributed by atoms with Gasteiger partial charge < -0.3 is 10.2 Å². The van der Waals surface area contributed by atoms with Gasteiger partial charge in [0.05, 0.1) is 15.9 Å². The Labute approximate surface area is 136 Å². The van der Waals surface area contributed by atoms with E-state index in [1.54, 1.807) is 46.0 Å². The molecule has 0 bridgehead atoms. The van der Waals surface area contributed by atoms with E-state index in [4.69, 9.17) is 0 Å². The third-order valence-electron chi connectivity index (χ3n) is 3.18. The number of aryl methyl sites for hydroxylation is 2. The molecule has 0 aliphatic heterocycles. The van der Waals surface area contributed by atoms with Crippen molar-refractivity contribution >= 4 is 33.4 Å². The molecule has 118 valence electrons. The number of nitrogens with zero attached hydrogens (tertiary/aromatic N) is 5. The zero-order valence-electron chi connectivity index (χ0n) is 13.0. The van der Waals surface area contributed by atoms with E-state index in [1.165, 1.54) is 9.58 Å². The first-order valence-corrected chi connectivity index (χ1v) is 7.27. The summed E-state index contributed by atoms with van der Waals surface area (Å²) in [5.74, 6) is -0.685. The Morgan fingerprint density at radius 3 is 2.36 bits per heavy atom. The molecule has 0 radical (unpaired) electrons. The fourth-order valence-corrected chi connectivity index (χ4v) is 2.46. The molecule has 2 aromatic rings. The second-order valence-electron chi connectivity index (χ2n) is 5.09. The van der Waals surface area contributed by atoms with Gasteiger partial charge >= 0.3 is 0 Å². The Morgan fingerprint density at radius 2 is 1.86 bits per heavy atom. The average Bonchev–Trinajstić information content (AvgIpc) is 2.91. The van der Waals surface area contributed by atoms with Crippen molar-refractivity contribution in [2.24, 2.45) is 14.1 Å². The predicted molar refractivity (Wildman–Crippen MR) is 84.8 cm³/mol. The fraction of sp³-hybridized carbons (Fsp3) is 0.385. The molecule has 0 atom stereocenters. The van der Waals surface area contributed by atoms with E-state index in [9.17, 15) is 9.59 Å². The molecule has 2 amide bonds. The van der Waals surface area contributed by atoms with Crippen LogP contribution in [0.4, 0.5) is 5.69 Å². The summed E-state index contributed by atoms with van der Waals surface area (Å²) in [5, 5.41) is 11.0. The van der Waals surface area contributed by atoms with Gasteiger partial charge in [-0.3, -0.25) is 19.0 Å². The molecule has 0 saturated carbocycles. The minimum Gasteiger partial charge on any atom is -0.343 e. The van der Waals surface area contributed by atoms with Gasteiger partial charge in [-0.25, -0.2) is 0 Å². The molecule has 0 fully saturated rings. The van der Waals surface area contributed by atoms with Crippen LogP contribution in [-0.4, -0.2) is 50.4 Å². The minimum absolute atomic E-state index is 0.199. The first-order valence-electron chi connectivity index (χ1n) is 6.48. The Balaban J connectivity index is 2.39. The Hall–Kier alpha value is -2.16. The minimum atomic E-state index is -0.406. The molecule has 0 spiro atoms. The number of halogens is 1. The van der Waals surface area contributed by atoms with Crippen LogP contribution in [0.25, 0.3) is 0 Å². The number of anilines is 1. The number of nitrogens with one attached hydrogen (secondary N) is 1. The number of hydrogen-bond acceptors (Lipinski definition) is 4. The monoisotopic (exact) mass is 368 g/mol. The van der Waals surface area contributed by atoms with Crippen molar-refractivity contribution in [1.29, 1.82) is 0 Å². The second kappa shape index (κ2) is 5.91. The normalized spacial score (nSPS) is 10.6. The van der Waals surface area contributed by atoms with E-state index in [2.05, 4.69) is 31.4 Å². The average molecular weight is 369 g/mol. The van der Waals surface area contributed by atoms with Crippen molar-refractivity contribution in [3.05, 3.63) is 27.8 Å². The standard InChI is InChI=1S/C13H17BrN6O2/c1-7-9(11(17-20(7)5)13(22)18(2)3)15-12(21)10-8(14)6-19(4)16-10/h6H,1-5H3,(H,15,21). The summed E-state index contributed by atoms with van der Waals surface area (Å²) in [6.45, 7) is 1.78. The summed E-state index contributed by atoms with van der Waals surface area (Å²) in [4.78, 5) is 26.0. The van der Waals surface area contributed by atoms with E-state index in [0.717, 1.165) is 0 Å². The van der Waals surface area contributed by atoms with Gasteiger partial charge in [-0.15, -0.1) is 0 Å². The molecule has 8 nitrogen and oxygen atoms in total. The van der Waals surface area contributed by atoms with Crippen molar-refractivity contribution in [3.8, 4) is 0 Å². The van der Waals surface area contributed by atoms with Gasteiger partial charge in [0.1, 0.15) is 0 Å². The molecule has 2 heterocycles. The molecule has 2 aromatic heterocycles. The van der Waals surface area contributed by atoms with Gasteiger partial charge in [0.15, 0.2) is 11.4 Å². The van der Waals surface area contributed by atoms with Gasteiger partial charge in [-0.2, -0.15) is 10.2 Å². The molecule has 9 heteroatoms. The predicted octanol–water partition coefficient (Wildman–Crippen LogP) is 1.18. The van der Waals surface area contributed by atoms with Crippen LogP contribution >= 0.6 is 15.9 Å². The molecule has 0 aliphatic rings. The molecule has 0 saturated heterocycles. The molecule has 0 unspecified atom stereocenters. The molecule has 2 rings (SSSR count). The Bertz CT molecular complexity index is 746. The van der Waals surface area contributed by atoms with Crippen molar-refractivity contribution in [3.63, 3.8) is 0 Å². The van der Waals surface area contributed by atoms with E-state index in [0.29, 0.717) is 15.9 Å². The molecular weight excluding hydrogens is 352 g/mol. The van der Waals surface area contributed by atoms with Crippen LogP contribution < -0.4 is 5.32 Å². The van der Waals surface area contributed by atoms with Crippen LogP contribution in [0.1, 0.15) is 26.7 Å².